The zero-order valence-electron chi connectivity index (χ0n) is 17.6. The Morgan fingerprint density at radius 1 is 1.03 bits per heavy atom. The summed E-state index contributed by atoms with van der Waals surface area (Å²) in [5, 5.41) is 2.12. The Morgan fingerprint density at radius 2 is 1.79 bits per heavy atom. The van der Waals surface area contributed by atoms with Gasteiger partial charge in [-0.2, -0.15) is 4.89 Å². The number of hydrogen-bond donors (Lipinski definition) is 0. The summed E-state index contributed by atoms with van der Waals surface area (Å²) >= 11 is 1.68. The molecule has 0 spiro atoms. The van der Waals surface area contributed by atoms with Crippen LogP contribution in [0.1, 0.15) is 56.4 Å². The lowest BCUT2D eigenvalue weighted by atomic mass is 10.0. The molecule has 29 heavy (non-hydrogen) atoms. The first kappa shape index (κ1) is 23.1. The van der Waals surface area contributed by atoms with Gasteiger partial charge in [-0.15, -0.1) is 11.3 Å². The van der Waals surface area contributed by atoms with Gasteiger partial charge in [0.2, 0.25) is 5.91 Å². The third-order valence-corrected chi connectivity index (χ3v) is 5.56. The largest absolute Gasteiger partial charge is 0.342 e. The number of hydrogen-bond acceptors (Lipinski definition) is 5. The maximum Gasteiger partial charge on any atom is 0.342 e. The van der Waals surface area contributed by atoms with Crippen LogP contribution in [0.5, 0.6) is 0 Å². The van der Waals surface area contributed by atoms with E-state index in [9.17, 15) is 9.59 Å². The Morgan fingerprint density at radius 3 is 2.48 bits per heavy atom. The van der Waals surface area contributed by atoms with Crippen molar-refractivity contribution in [2.24, 2.45) is 0 Å². The van der Waals surface area contributed by atoms with Crippen molar-refractivity contribution in [1.82, 2.24) is 4.90 Å². The van der Waals surface area contributed by atoms with Crippen molar-refractivity contribution < 1.29 is 19.4 Å². The molecule has 1 aromatic carbocycles. The smallest absolute Gasteiger partial charge is 0.341 e. The second kappa shape index (κ2) is 12.4. The Hall–Kier alpha value is -2.18. The van der Waals surface area contributed by atoms with Gasteiger partial charge in [-0.25, -0.2) is 4.79 Å². The van der Waals surface area contributed by atoms with E-state index in [1.807, 2.05) is 24.1 Å². The van der Waals surface area contributed by atoms with Gasteiger partial charge >= 0.3 is 5.97 Å². The normalized spacial score (nSPS) is 10.7. The van der Waals surface area contributed by atoms with Crippen molar-refractivity contribution in [3.63, 3.8) is 0 Å². The Kier molecular flexibility index (Phi) is 9.88. The van der Waals surface area contributed by atoms with E-state index in [0.29, 0.717) is 32.4 Å². The van der Waals surface area contributed by atoms with Crippen LogP contribution in [0, 0.1) is 0 Å². The summed E-state index contributed by atoms with van der Waals surface area (Å²) in [6, 6.07) is 10.3. The zero-order valence-corrected chi connectivity index (χ0v) is 18.4. The van der Waals surface area contributed by atoms with E-state index in [2.05, 4.69) is 40.3 Å². The fraction of sp³-hybridized carbons (Fsp3) is 0.478. The lowest BCUT2D eigenvalue weighted by Crippen LogP contribution is -2.25. The van der Waals surface area contributed by atoms with Crippen molar-refractivity contribution in [3.8, 4) is 11.1 Å². The fourth-order valence-electron chi connectivity index (χ4n) is 2.93. The molecule has 5 nitrogen and oxygen atoms in total. The molecular weight excluding hydrogens is 386 g/mol. The lowest BCUT2D eigenvalue weighted by molar-refractivity contribution is -0.269. The molecule has 0 aliphatic heterocycles. The number of carbonyl (C=O) groups is 2. The highest BCUT2D eigenvalue weighted by molar-refractivity contribution is 7.10. The van der Waals surface area contributed by atoms with Crippen LogP contribution in [-0.2, 0) is 32.3 Å². The molecule has 0 radical (unpaired) electrons. The van der Waals surface area contributed by atoms with E-state index in [1.54, 1.807) is 18.3 Å². The molecule has 158 valence electrons. The molecular formula is C23H31NO4S. The van der Waals surface area contributed by atoms with Gasteiger partial charge in [-0.1, -0.05) is 44.0 Å². The van der Waals surface area contributed by atoms with Gasteiger partial charge in [0.25, 0.3) is 0 Å². The van der Waals surface area contributed by atoms with Crippen LogP contribution in [0.15, 0.2) is 35.7 Å². The number of carbonyl (C=O) groups excluding carboxylic acids is 2. The molecule has 0 bridgehead atoms. The lowest BCUT2D eigenvalue weighted by Gasteiger charge is -2.16. The molecule has 2 rings (SSSR count). The SMILES string of the molecule is CCCCCC(=O)N(C)Cc1cc(-c2ccc(CCC(=O)OOCC)cc2)cs1. The zero-order chi connectivity index (χ0) is 21.1. The molecule has 2 aromatic rings. The standard InChI is InChI=1S/C23H31NO4S/c1-4-6-7-8-22(25)24(3)16-21-15-20(17-29-21)19-12-9-18(10-13-19)11-14-23(26)28-27-5-2/h9-10,12-13,15,17H,4-8,11,14,16H2,1-3H3. The highest BCUT2D eigenvalue weighted by Gasteiger charge is 2.11. The van der Waals surface area contributed by atoms with Gasteiger partial charge in [0.1, 0.15) is 0 Å². The van der Waals surface area contributed by atoms with E-state index >= 15 is 0 Å². The van der Waals surface area contributed by atoms with E-state index in [-0.39, 0.29) is 11.9 Å². The first-order valence-electron chi connectivity index (χ1n) is 10.3. The van der Waals surface area contributed by atoms with Crippen molar-refractivity contribution in [2.75, 3.05) is 13.7 Å². The summed E-state index contributed by atoms with van der Waals surface area (Å²) in [6.07, 6.45) is 4.73. The van der Waals surface area contributed by atoms with Crippen molar-refractivity contribution >= 4 is 23.2 Å². The quantitative estimate of drug-likeness (QED) is 0.264. The van der Waals surface area contributed by atoms with Gasteiger partial charge in [0, 0.05) is 18.3 Å². The minimum Gasteiger partial charge on any atom is -0.341 e. The number of unbranched alkanes of at least 4 members (excludes halogenated alkanes) is 2. The maximum absolute atomic E-state index is 12.2. The van der Waals surface area contributed by atoms with Crippen LogP contribution in [-0.4, -0.2) is 30.4 Å². The average Bonchev–Trinajstić information content (AvgIpc) is 3.19. The first-order valence-corrected chi connectivity index (χ1v) is 11.1. The number of benzene rings is 1. The summed E-state index contributed by atoms with van der Waals surface area (Å²) in [5.41, 5.74) is 3.36. The van der Waals surface area contributed by atoms with E-state index < -0.39 is 0 Å². The molecule has 0 aliphatic carbocycles. The van der Waals surface area contributed by atoms with Gasteiger partial charge < -0.3 is 4.90 Å². The summed E-state index contributed by atoms with van der Waals surface area (Å²) in [7, 11) is 1.87. The summed E-state index contributed by atoms with van der Waals surface area (Å²) < 4.78 is 0. The van der Waals surface area contributed by atoms with Crippen LogP contribution >= 0.6 is 11.3 Å². The van der Waals surface area contributed by atoms with Crippen LogP contribution in [0.2, 0.25) is 0 Å². The van der Waals surface area contributed by atoms with Crippen LogP contribution in [0.3, 0.4) is 0 Å². The third kappa shape index (κ3) is 7.99. The molecule has 1 aromatic heterocycles. The molecule has 0 saturated heterocycles. The number of amides is 1. The number of thiophene rings is 1. The topological polar surface area (TPSA) is 55.8 Å². The number of aryl methyl sites for hydroxylation is 1. The maximum atomic E-state index is 12.2. The number of rotatable bonds is 12. The monoisotopic (exact) mass is 417 g/mol. The van der Waals surface area contributed by atoms with Gasteiger partial charge in [-0.3, -0.25) is 9.68 Å². The molecule has 1 amide bonds. The van der Waals surface area contributed by atoms with Crippen molar-refractivity contribution in [2.45, 2.75) is 58.9 Å². The highest BCUT2D eigenvalue weighted by Crippen LogP contribution is 2.27. The molecule has 1 heterocycles. The van der Waals surface area contributed by atoms with Crippen molar-refractivity contribution in [1.29, 1.82) is 0 Å². The average molecular weight is 418 g/mol. The van der Waals surface area contributed by atoms with Gasteiger partial charge in [0.15, 0.2) is 0 Å². The third-order valence-electron chi connectivity index (χ3n) is 4.64. The predicted molar refractivity (Wildman–Crippen MR) is 116 cm³/mol. The molecule has 0 atom stereocenters. The summed E-state index contributed by atoms with van der Waals surface area (Å²) in [6.45, 7) is 4.91. The first-order chi connectivity index (χ1) is 14.0. The predicted octanol–water partition coefficient (Wildman–Crippen LogP) is 5.38. The minimum atomic E-state index is -0.355. The van der Waals surface area contributed by atoms with E-state index in [0.717, 1.165) is 36.0 Å². The second-order valence-electron chi connectivity index (χ2n) is 7.07. The molecule has 0 aliphatic rings. The number of nitrogens with zero attached hydrogens (tertiary/aromatic N) is 1. The van der Waals surface area contributed by atoms with Gasteiger partial charge in [0.05, 0.1) is 19.6 Å². The molecule has 0 saturated carbocycles. The van der Waals surface area contributed by atoms with Gasteiger partial charge in [-0.05, 0) is 47.9 Å². The van der Waals surface area contributed by atoms with E-state index in [1.165, 1.54) is 4.88 Å². The molecule has 0 unspecified atom stereocenters. The summed E-state index contributed by atoms with van der Waals surface area (Å²) in [4.78, 5) is 36.0. The Balaban J connectivity index is 1.86. The molecule has 6 heteroatoms. The summed E-state index contributed by atoms with van der Waals surface area (Å²) in [5.74, 6) is -0.146. The van der Waals surface area contributed by atoms with Crippen molar-refractivity contribution in [3.05, 3.63) is 46.2 Å². The molecule has 0 fully saturated rings. The van der Waals surface area contributed by atoms with Crippen LogP contribution in [0.25, 0.3) is 11.1 Å². The highest BCUT2D eigenvalue weighted by atomic mass is 32.1. The van der Waals surface area contributed by atoms with Crippen LogP contribution < -0.4 is 0 Å². The molecule has 0 N–H and O–H groups in total. The Labute approximate surface area is 177 Å². The second-order valence-corrected chi connectivity index (χ2v) is 8.06. The fourth-order valence-corrected chi connectivity index (χ4v) is 3.88. The van der Waals surface area contributed by atoms with E-state index in [4.69, 9.17) is 0 Å². The van der Waals surface area contributed by atoms with Crippen LogP contribution in [0.4, 0.5) is 0 Å². The Bertz CT molecular complexity index is 769. The minimum absolute atomic E-state index is 0.209.